The van der Waals surface area contributed by atoms with E-state index in [0.29, 0.717) is 6.42 Å². The molecule has 6 nitrogen and oxygen atoms in total. The van der Waals surface area contributed by atoms with Crippen molar-refractivity contribution in [2.24, 2.45) is 0 Å². The van der Waals surface area contributed by atoms with E-state index in [2.05, 4.69) is 10.3 Å². The van der Waals surface area contributed by atoms with Crippen LogP contribution in [0.2, 0.25) is 0 Å². The second-order valence-corrected chi connectivity index (χ2v) is 4.69. The van der Waals surface area contributed by atoms with Gasteiger partial charge in [0.2, 0.25) is 5.82 Å². The van der Waals surface area contributed by atoms with E-state index in [9.17, 15) is 10.1 Å². The van der Waals surface area contributed by atoms with E-state index in [1.54, 1.807) is 13.2 Å². The SMILES string of the molecule is COc1ccccc1C[C@@H](C)Nc1ncccc1[N+](=O)[O-]. The summed E-state index contributed by atoms with van der Waals surface area (Å²) in [4.78, 5) is 14.6. The first kappa shape index (κ1) is 14.8. The van der Waals surface area contributed by atoms with E-state index in [4.69, 9.17) is 4.74 Å². The lowest BCUT2D eigenvalue weighted by Crippen LogP contribution is -2.20. The second kappa shape index (κ2) is 6.69. The van der Waals surface area contributed by atoms with Gasteiger partial charge >= 0.3 is 5.69 Å². The van der Waals surface area contributed by atoms with Gasteiger partial charge in [-0.25, -0.2) is 4.98 Å². The molecule has 0 saturated carbocycles. The largest absolute Gasteiger partial charge is 0.496 e. The summed E-state index contributed by atoms with van der Waals surface area (Å²) in [7, 11) is 1.63. The van der Waals surface area contributed by atoms with Crippen LogP contribution in [0.15, 0.2) is 42.6 Å². The molecule has 21 heavy (non-hydrogen) atoms. The van der Waals surface area contributed by atoms with Crippen LogP contribution >= 0.6 is 0 Å². The van der Waals surface area contributed by atoms with Gasteiger partial charge in [0.1, 0.15) is 5.75 Å². The Morgan fingerprint density at radius 3 is 2.81 bits per heavy atom. The number of anilines is 1. The molecular formula is C15H17N3O3. The fourth-order valence-electron chi connectivity index (χ4n) is 2.14. The van der Waals surface area contributed by atoms with Gasteiger partial charge in [0.05, 0.1) is 12.0 Å². The Kier molecular flexibility index (Phi) is 4.71. The van der Waals surface area contributed by atoms with Crippen LogP contribution in [0.25, 0.3) is 0 Å². The fourth-order valence-corrected chi connectivity index (χ4v) is 2.14. The third-order valence-corrected chi connectivity index (χ3v) is 3.08. The predicted octanol–water partition coefficient (Wildman–Crippen LogP) is 3.04. The minimum absolute atomic E-state index is 0.0186. The molecule has 1 heterocycles. The van der Waals surface area contributed by atoms with Gasteiger partial charge in [-0.3, -0.25) is 10.1 Å². The maximum absolute atomic E-state index is 11.0. The zero-order chi connectivity index (χ0) is 15.2. The molecule has 1 aromatic heterocycles. The number of benzene rings is 1. The number of nitrogens with zero attached hydrogens (tertiary/aromatic N) is 2. The average molecular weight is 287 g/mol. The lowest BCUT2D eigenvalue weighted by molar-refractivity contribution is -0.384. The molecule has 2 rings (SSSR count). The second-order valence-electron chi connectivity index (χ2n) is 4.69. The maximum Gasteiger partial charge on any atom is 0.311 e. The Morgan fingerprint density at radius 2 is 2.10 bits per heavy atom. The number of ether oxygens (including phenoxy) is 1. The minimum atomic E-state index is -0.439. The normalized spacial score (nSPS) is 11.7. The number of pyridine rings is 1. The molecule has 0 saturated heterocycles. The average Bonchev–Trinajstić information content (AvgIpc) is 2.48. The van der Waals surface area contributed by atoms with Gasteiger partial charge in [-0.2, -0.15) is 0 Å². The smallest absolute Gasteiger partial charge is 0.311 e. The predicted molar refractivity (Wildman–Crippen MR) is 80.7 cm³/mol. The number of methoxy groups -OCH3 is 1. The number of hydrogen-bond donors (Lipinski definition) is 1. The van der Waals surface area contributed by atoms with Crippen molar-refractivity contribution in [2.45, 2.75) is 19.4 Å². The molecule has 0 spiro atoms. The van der Waals surface area contributed by atoms with Crippen LogP contribution in [0.5, 0.6) is 5.75 Å². The zero-order valence-corrected chi connectivity index (χ0v) is 11.9. The van der Waals surface area contributed by atoms with Crippen molar-refractivity contribution in [3.8, 4) is 5.75 Å². The third-order valence-electron chi connectivity index (χ3n) is 3.08. The summed E-state index contributed by atoms with van der Waals surface area (Å²) in [5, 5.41) is 14.1. The highest BCUT2D eigenvalue weighted by atomic mass is 16.6. The molecular weight excluding hydrogens is 270 g/mol. The van der Waals surface area contributed by atoms with E-state index in [1.807, 2.05) is 31.2 Å². The Labute approximate surface area is 122 Å². The molecule has 6 heteroatoms. The van der Waals surface area contributed by atoms with Crippen LogP contribution in [0.1, 0.15) is 12.5 Å². The van der Waals surface area contributed by atoms with Crippen molar-refractivity contribution in [1.29, 1.82) is 0 Å². The molecule has 1 atom stereocenters. The highest BCUT2D eigenvalue weighted by Crippen LogP contribution is 2.23. The van der Waals surface area contributed by atoms with Crippen molar-refractivity contribution >= 4 is 11.5 Å². The Balaban J connectivity index is 2.12. The number of nitro groups is 1. The fraction of sp³-hybridized carbons (Fsp3) is 0.267. The molecule has 0 amide bonds. The van der Waals surface area contributed by atoms with Crippen LogP contribution in [0.4, 0.5) is 11.5 Å². The number of nitrogens with one attached hydrogen (secondary N) is 1. The minimum Gasteiger partial charge on any atom is -0.496 e. The first-order valence-corrected chi connectivity index (χ1v) is 6.59. The van der Waals surface area contributed by atoms with Crippen molar-refractivity contribution in [3.63, 3.8) is 0 Å². The van der Waals surface area contributed by atoms with Gasteiger partial charge in [0.15, 0.2) is 0 Å². The molecule has 1 N–H and O–H groups in total. The molecule has 1 aromatic carbocycles. The molecule has 0 bridgehead atoms. The highest BCUT2D eigenvalue weighted by Gasteiger charge is 2.16. The zero-order valence-electron chi connectivity index (χ0n) is 11.9. The van der Waals surface area contributed by atoms with Crippen LogP contribution in [0.3, 0.4) is 0 Å². The van der Waals surface area contributed by atoms with Gasteiger partial charge < -0.3 is 10.1 Å². The van der Waals surface area contributed by atoms with Gasteiger partial charge in [0.25, 0.3) is 0 Å². The topological polar surface area (TPSA) is 77.3 Å². The Hall–Kier alpha value is -2.63. The summed E-state index contributed by atoms with van der Waals surface area (Å²) in [6.07, 6.45) is 2.21. The Bertz CT molecular complexity index is 631. The summed E-state index contributed by atoms with van der Waals surface area (Å²) < 4.78 is 5.31. The van der Waals surface area contributed by atoms with E-state index in [0.717, 1.165) is 11.3 Å². The molecule has 0 radical (unpaired) electrons. The van der Waals surface area contributed by atoms with E-state index in [-0.39, 0.29) is 17.5 Å². The summed E-state index contributed by atoms with van der Waals surface area (Å²) in [5.41, 5.74) is 1.02. The van der Waals surface area contributed by atoms with Crippen LogP contribution in [-0.4, -0.2) is 23.1 Å². The quantitative estimate of drug-likeness (QED) is 0.652. The number of para-hydroxylation sites is 1. The van der Waals surface area contributed by atoms with Crippen molar-refractivity contribution in [2.75, 3.05) is 12.4 Å². The summed E-state index contributed by atoms with van der Waals surface area (Å²) in [6.45, 7) is 1.95. The lowest BCUT2D eigenvalue weighted by atomic mass is 10.1. The van der Waals surface area contributed by atoms with Crippen molar-refractivity contribution in [1.82, 2.24) is 4.98 Å². The van der Waals surface area contributed by atoms with E-state index >= 15 is 0 Å². The number of aromatic nitrogens is 1. The van der Waals surface area contributed by atoms with E-state index in [1.165, 1.54) is 12.3 Å². The summed E-state index contributed by atoms with van der Waals surface area (Å²) in [5.74, 6) is 1.09. The molecule has 0 unspecified atom stereocenters. The first-order valence-electron chi connectivity index (χ1n) is 6.59. The van der Waals surface area contributed by atoms with Crippen molar-refractivity contribution < 1.29 is 9.66 Å². The van der Waals surface area contributed by atoms with Crippen LogP contribution in [0, 0.1) is 10.1 Å². The third kappa shape index (κ3) is 3.68. The van der Waals surface area contributed by atoms with Gasteiger partial charge in [0, 0.05) is 18.3 Å². The number of rotatable bonds is 6. The van der Waals surface area contributed by atoms with Gasteiger partial charge in [-0.05, 0) is 31.0 Å². The standard InChI is InChI=1S/C15H17N3O3/c1-11(10-12-6-3-4-8-14(12)21-2)17-15-13(18(19)20)7-5-9-16-15/h3-9,11H,10H2,1-2H3,(H,16,17)/t11-/m1/s1. The first-order chi connectivity index (χ1) is 10.1. The molecule has 0 aliphatic rings. The van der Waals surface area contributed by atoms with Gasteiger partial charge in [-0.15, -0.1) is 0 Å². The monoisotopic (exact) mass is 287 g/mol. The molecule has 2 aromatic rings. The highest BCUT2D eigenvalue weighted by molar-refractivity contribution is 5.55. The lowest BCUT2D eigenvalue weighted by Gasteiger charge is -2.16. The van der Waals surface area contributed by atoms with Crippen molar-refractivity contribution in [3.05, 3.63) is 58.3 Å². The maximum atomic E-state index is 11.0. The van der Waals surface area contributed by atoms with Crippen LogP contribution < -0.4 is 10.1 Å². The molecule has 0 fully saturated rings. The summed E-state index contributed by atoms with van der Waals surface area (Å²) in [6, 6.07) is 10.7. The van der Waals surface area contributed by atoms with Gasteiger partial charge in [-0.1, -0.05) is 18.2 Å². The summed E-state index contributed by atoms with van der Waals surface area (Å²) >= 11 is 0. The molecule has 110 valence electrons. The Morgan fingerprint density at radius 1 is 1.33 bits per heavy atom. The number of hydrogen-bond acceptors (Lipinski definition) is 5. The molecule has 0 aliphatic heterocycles. The molecule has 0 aliphatic carbocycles. The van der Waals surface area contributed by atoms with E-state index < -0.39 is 4.92 Å². The van der Waals surface area contributed by atoms with Crippen LogP contribution in [-0.2, 0) is 6.42 Å².